The Hall–Kier alpha value is -1.86. The third-order valence-electron chi connectivity index (χ3n) is 5.78. The molecule has 1 saturated carbocycles. The summed E-state index contributed by atoms with van der Waals surface area (Å²) in [5, 5.41) is 12.7. The molecule has 0 unspecified atom stereocenters. The summed E-state index contributed by atoms with van der Waals surface area (Å²) in [6.45, 7) is 3.28. The van der Waals surface area contributed by atoms with Gasteiger partial charge in [0.25, 0.3) is 0 Å². The summed E-state index contributed by atoms with van der Waals surface area (Å²) in [5.41, 5.74) is 0.630. The molecule has 1 aromatic heterocycles. The van der Waals surface area contributed by atoms with Crippen molar-refractivity contribution in [1.29, 1.82) is 5.26 Å². The first-order valence-corrected chi connectivity index (χ1v) is 8.84. The van der Waals surface area contributed by atoms with Gasteiger partial charge in [-0.15, -0.1) is 0 Å². The molecule has 0 radical (unpaired) electrons. The predicted molar refractivity (Wildman–Crippen MR) is 91.0 cm³/mol. The Labute approximate surface area is 138 Å². The van der Waals surface area contributed by atoms with E-state index in [0.29, 0.717) is 11.6 Å². The van der Waals surface area contributed by atoms with E-state index < -0.39 is 0 Å². The first kappa shape index (κ1) is 14.7. The smallest absolute Gasteiger partial charge is 0.128 e. The fourth-order valence-corrected chi connectivity index (χ4v) is 4.40. The topological polar surface area (TPSA) is 52.0 Å². The van der Waals surface area contributed by atoms with E-state index in [2.05, 4.69) is 33.4 Å². The number of anilines is 1. The fourth-order valence-electron chi connectivity index (χ4n) is 4.40. The van der Waals surface area contributed by atoms with E-state index in [4.69, 9.17) is 5.26 Å². The van der Waals surface area contributed by atoms with Gasteiger partial charge in [-0.3, -0.25) is 0 Å². The lowest BCUT2D eigenvalue weighted by Crippen LogP contribution is -2.44. The van der Waals surface area contributed by atoms with E-state index in [1.165, 1.54) is 32.2 Å². The Morgan fingerprint density at radius 2 is 2.09 bits per heavy atom. The van der Waals surface area contributed by atoms with Crippen LogP contribution in [-0.2, 0) is 0 Å². The highest BCUT2D eigenvalue weighted by Crippen LogP contribution is 2.43. The molecule has 3 atom stereocenters. The van der Waals surface area contributed by atoms with Crippen molar-refractivity contribution in [2.75, 3.05) is 24.5 Å². The highest BCUT2D eigenvalue weighted by atomic mass is 15.2. The molecule has 23 heavy (non-hydrogen) atoms. The molecule has 0 amide bonds. The molecule has 1 aromatic rings. The van der Waals surface area contributed by atoms with Gasteiger partial charge in [-0.05, 0) is 62.1 Å². The molecule has 1 aliphatic heterocycles. The summed E-state index contributed by atoms with van der Waals surface area (Å²) < 4.78 is 0. The first-order chi connectivity index (χ1) is 11.3. The molecule has 4 heteroatoms. The summed E-state index contributed by atoms with van der Waals surface area (Å²) in [5.74, 6) is 3.58. The van der Waals surface area contributed by atoms with Crippen molar-refractivity contribution in [2.45, 2.75) is 31.7 Å². The van der Waals surface area contributed by atoms with Gasteiger partial charge in [0, 0.05) is 25.3 Å². The van der Waals surface area contributed by atoms with Crippen LogP contribution in [0.3, 0.4) is 0 Å². The van der Waals surface area contributed by atoms with Crippen LogP contribution in [0.4, 0.5) is 5.82 Å². The summed E-state index contributed by atoms with van der Waals surface area (Å²) >= 11 is 0. The van der Waals surface area contributed by atoms with Crippen LogP contribution in [0.25, 0.3) is 0 Å². The van der Waals surface area contributed by atoms with Gasteiger partial charge < -0.3 is 10.2 Å². The molecular formula is C19H24N4. The number of nitrogens with zero attached hydrogens (tertiary/aromatic N) is 3. The number of allylic oxidation sites excluding steroid dienone is 2. The Morgan fingerprint density at radius 3 is 2.70 bits per heavy atom. The molecule has 0 aromatic carbocycles. The second-order valence-electron chi connectivity index (χ2n) is 7.23. The molecule has 1 saturated heterocycles. The maximum absolute atomic E-state index is 8.85. The van der Waals surface area contributed by atoms with Crippen molar-refractivity contribution in [2.24, 2.45) is 17.8 Å². The van der Waals surface area contributed by atoms with Gasteiger partial charge in [-0.25, -0.2) is 4.98 Å². The summed E-state index contributed by atoms with van der Waals surface area (Å²) in [7, 11) is 0. The number of aromatic nitrogens is 1. The highest BCUT2D eigenvalue weighted by molar-refractivity contribution is 5.42. The van der Waals surface area contributed by atoms with Crippen LogP contribution in [0, 0.1) is 29.1 Å². The van der Waals surface area contributed by atoms with E-state index in [1.807, 2.05) is 12.1 Å². The number of nitrogens with one attached hydrogen (secondary N) is 1. The summed E-state index contributed by atoms with van der Waals surface area (Å²) in [6.07, 6.45) is 11.7. The van der Waals surface area contributed by atoms with Gasteiger partial charge in [-0.1, -0.05) is 12.2 Å². The second kappa shape index (κ2) is 6.33. The molecule has 120 valence electrons. The number of hydrogen-bond donors (Lipinski definition) is 1. The molecule has 4 nitrogen and oxygen atoms in total. The zero-order valence-electron chi connectivity index (χ0n) is 13.5. The van der Waals surface area contributed by atoms with Gasteiger partial charge in [0.05, 0.1) is 5.56 Å². The predicted octanol–water partition coefficient (Wildman–Crippen LogP) is 2.72. The van der Waals surface area contributed by atoms with Crippen LogP contribution in [0.15, 0.2) is 30.5 Å². The van der Waals surface area contributed by atoms with E-state index in [1.54, 1.807) is 6.20 Å². The minimum Gasteiger partial charge on any atom is -0.357 e. The van der Waals surface area contributed by atoms with Crippen molar-refractivity contribution in [3.8, 4) is 6.07 Å². The van der Waals surface area contributed by atoms with E-state index in [0.717, 1.165) is 36.7 Å². The van der Waals surface area contributed by atoms with E-state index in [-0.39, 0.29) is 0 Å². The third-order valence-corrected chi connectivity index (χ3v) is 5.78. The first-order valence-electron chi connectivity index (χ1n) is 8.84. The van der Waals surface area contributed by atoms with Gasteiger partial charge in [0.1, 0.15) is 11.9 Å². The molecule has 4 rings (SSSR count). The number of fused-ring (bicyclic) bond motifs is 2. The summed E-state index contributed by atoms with van der Waals surface area (Å²) in [4.78, 5) is 6.74. The average Bonchev–Trinajstić information content (AvgIpc) is 3.24. The Kier molecular flexibility index (Phi) is 4.05. The lowest BCUT2D eigenvalue weighted by atomic mass is 9.93. The van der Waals surface area contributed by atoms with Gasteiger partial charge >= 0.3 is 0 Å². The average molecular weight is 308 g/mol. The Balaban J connectivity index is 1.24. The lowest BCUT2D eigenvalue weighted by molar-refractivity contribution is 0.348. The number of nitriles is 1. The Bertz CT molecular complexity index is 607. The van der Waals surface area contributed by atoms with Crippen molar-refractivity contribution in [3.63, 3.8) is 0 Å². The quantitative estimate of drug-likeness (QED) is 0.869. The second-order valence-corrected chi connectivity index (χ2v) is 7.23. The van der Waals surface area contributed by atoms with Crippen LogP contribution in [0.5, 0.6) is 0 Å². The Morgan fingerprint density at radius 1 is 1.22 bits per heavy atom. The van der Waals surface area contributed by atoms with Crippen LogP contribution in [-0.4, -0.2) is 30.7 Å². The van der Waals surface area contributed by atoms with Gasteiger partial charge in [0.2, 0.25) is 0 Å². The standard InChI is InChI=1S/C19H24N4/c20-11-15-2-4-19(22-12-15)23-7-5-18(6-8-23)21-13-17-10-14-1-3-16(17)9-14/h1-4,12,14,16-18,21H,5-10,13H2/t14-,16-,17+/m0/s1. The molecule has 2 bridgehead atoms. The van der Waals surface area contributed by atoms with Crippen LogP contribution in [0.2, 0.25) is 0 Å². The fraction of sp³-hybridized carbons (Fsp3) is 0.579. The van der Waals surface area contributed by atoms with Crippen molar-refractivity contribution in [3.05, 3.63) is 36.0 Å². The largest absolute Gasteiger partial charge is 0.357 e. The minimum atomic E-state index is 0.630. The molecule has 0 spiro atoms. The number of hydrogen-bond acceptors (Lipinski definition) is 4. The summed E-state index contributed by atoms with van der Waals surface area (Å²) in [6, 6.07) is 6.59. The molecule has 1 N–H and O–H groups in total. The van der Waals surface area contributed by atoms with Gasteiger partial charge in [0.15, 0.2) is 0 Å². The molecule has 2 aliphatic carbocycles. The minimum absolute atomic E-state index is 0.630. The van der Waals surface area contributed by atoms with Crippen LogP contribution < -0.4 is 10.2 Å². The zero-order chi connectivity index (χ0) is 15.6. The SMILES string of the molecule is N#Cc1ccc(N2CCC(NC[C@H]3C[C@H]4C=C[C@H]3C4)CC2)nc1. The maximum Gasteiger partial charge on any atom is 0.128 e. The maximum atomic E-state index is 8.85. The van der Waals surface area contributed by atoms with Crippen molar-refractivity contribution >= 4 is 5.82 Å². The van der Waals surface area contributed by atoms with Crippen molar-refractivity contribution < 1.29 is 0 Å². The van der Waals surface area contributed by atoms with Crippen LogP contribution in [0.1, 0.15) is 31.2 Å². The molecule has 3 aliphatic rings. The number of rotatable bonds is 4. The van der Waals surface area contributed by atoms with Crippen molar-refractivity contribution in [1.82, 2.24) is 10.3 Å². The number of pyridine rings is 1. The third kappa shape index (κ3) is 3.11. The van der Waals surface area contributed by atoms with E-state index in [9.17, 15) is 0 Å². The molecule has 2 heterocycles. The number of piperidine rings is 1. The molecular weight excluding hydrogens is 284 g/mol. The lowest BCUT2D eigenvalue weighted by Gasteiger charge is -2.34. The monoisotopic (exact) mass is 308 g/mol. The molecule has 2 fully saturated rings. The van der Waals surface area contributed by atoms with Gasteiger partial charge in [-0.2, -0.15) is 5.26 Å². The normalized spacial score (nSPS) is 29.9. The van der Waals surface area contributed by atoms with E-state index >= 15 is 0 Å². The zero-order valence-corrected chi connectivity index (χ0v) is 13.5. The highest BCUT2D eigenvalue weighted by Gasteiger charge is 2.35. The van der Waals surface area contributed by atoms with Crippen LogP contribution >= 0.6 is 0 Å².